The molecule has 2 aliphatic heterocycles. The Balaban J connectivity index is 1.24. The van der Waals surface area contributed by atoms with Gasteiger partial charge in [0.15, 0.2) is 0 Å². The number of anilines is 2. The van der Waals surface area contributed by atoms with Crippen molar-refractivity contribution in [2.45, 2.75) is 63.6 Å². The van der Waals surface area contributed by atoms with Crippen molar-refractivity contribution in [3.05, 3.63) is 59.7 Å². The van der Waals surface area contributed by atoms with E-state index in [0.717, 1.165) is 26.1 Å². The number of aryl methyl sites for hydroxylation is 2. The van der Waals surface area contributed by atoms with E-state index in [4.69, 9.17) is 9.47 Å². The van der Waals surface area contributed by atoms with Gasteiger partial charge in [0.05, 0.1) is 12.2 Å². The summed E-state index contributed by atoms with van der Waals surface area (Å²) >= 11 is 0. The predicted octanol–water partition coefficient (Wildman–Crippen LogP) is 5.68. The minimum atomic E-state index is 0.528. The van der Waals surface area contributed by atoms with Crippen molar-refractivity contribution in [3.8, 4) is 0 Å². The van der Waals surface area contributed by atoms with Crippen molar-refractivity contribution in [2.75, 3.05) is 25.2 Å². The lowest BCUT2D eigenvalue weighted by molar-refractivity contribution is -0.0553. The van der Waals surface area contributed by atoms with E-state index in [1.807, 2.05) is 0 Å². The highest BCUT2D eigenvalue weighted by Gasteiger charge is 2.17. The molecule has 3 nitrogen and oxygen atoms in total. The second-order valence-corrected chi connectivity index (χ2v) is 8.24. The molecule has 2 fully saturated rings. The zero-order valence-electron chi connectivity index (χ0n) is 17.1. The van der Waals surface area contributed by atoms with Crippen LogP contribution in [-0.2, 0) is 22.3 Å². The van der Waals surface area contributed by atoms with Crippen molar-refractivity contribution in [3.63, 3.8) is 0 Å². The molecule has 28 heavy (non-hydrogen) atoms. The fourth-order valence-electron chi connectivity index (χ4n) is 4.01. The van der Waals surface area contributed by atoms with Gasteiger partial charge in [-0.1, -0.05) is 24.3 Å². The van der Waals surface area contributed by atoms with Gasteiger partial charge in [-0.05, 0) is 86.8 Å². The number of ether oxygens (including phenoxy) is 2. The maximum Gasteiger partial charge on any atom is 0.0597 e. The third-order valence-electron chi connectivity index (χ3n) is 6.22. The first kappa shape index (κ1) is 19.5. The Labute approximate surface area is 169 Å². The van der Waals surface area contributed by atoms with Crippen LogP contribution in [0.5, 0.6) is 0 Å². The molecule has 0 saturated carbocycles. The Morgan fingerprint density at radius 1 is 0.714 bits per heavy atom. The average Bonchev–Trinajstić information content (AvgIpc) is 2.66. The lowest BCUT2D eigenvalue weighted by atomic mass is 10.0. The smallest absolute Gasteiger partial charge is 0.0597 e. The van der Waals surface area contributed by atoms with Gasteiger partial charge in [-0.25, -0.2) is 0 Å². The molecule has 2 aromatic carbocycles. The van der Waals surface area contributed by atoms with Gasteiger partial charge in [0.1, 0.15) is 0 Å². The summed E-state index contributed by atoms with van der Waals surface area (Å²) in [4.78, 5) is 2.26. The van der Waals surface area contributed by atoms with Crippen LogP contribution in [-0.4, -0.2) is 32.5 Å². The Kier molecular flexibility index (Phi) is 6.66. The van der Waals surface area contributed by atoms with Crippen LogP contribution in [0, 0.1) is 0 Å². The van der Waals surface area contributed by atoms with Gasteiger partial charge in [0, 0.05) is 31.6 Å². The molecule has 0 spiro atoms. The summed E-state index contributed by atoms with van der Waals surface area (Å²) in [7, 11) is 2.14. The lowest BCUT2D eigenvalue weighted by Gasteiger charge is -2.26. The van der Waals surface area contributed by atoms with Gasteiger partial charge in [-0.3, -0.25) is 0 Å². The van der Waals surface area contributed by atoms with Gasteiger partial charge in [0.2, 0.25) is 0 Å². The van der Waals surface area contributed by atoms with E-state index in [-0.39, 0.29) is 0 Å². The summed E-state index contributed by atoms with van der Waals surface area (Å²) in [5.74, 6) is 0. The molecule has 0 N–H and O–H groups in total. The minimum Gasteiger partial charge on any atom is -0.378 e. The van der Waals surface area contributed by atoms with Gasteiger partial charge in [-0.2, -0.15) is 0 Å². The Morgan fingerprint density at radius 2 is 1.11 bits per heavy atom. The molecule has 0 radical (unpaired) electrons. The van der Waals surface area contributed by atoms with Crippen molar-refractivity contribution in [2.24, 2.45) is 0 Å². The molecule has 2 atom stereocenters. The molecule has 150 valence electrons. The second-order valence-electron chi connectivity index (χ2n) is 8.24. The molecular weight excluding hydrogens is 346 g/mol. The fraction of sp³-hybridized carbons (Fsp3) is 0.520. The van der Waals surface area contributed by atoms with E-state index in [0.29, 0.717) is 12.2 Å². The van der Waals surface area contributed by atoms with Crippen molar-refractivity contribution < 1.29 is 9.47 Å². The largest absolute Gasteiger partial charge is 0.378 e. The summed E-state index contributed by atoms with van der Waals surface area (Å²) in [6, 6.07) is 18.0. The Morgan fingerprint density at radius 3 is 1.43 bits per heavy atom. The van der Waals surface area contributed by atoms with Crippen LogP contribution in [0.4, 0.5) is 11.4 Å². The SMILES string of the molecule is CN(c1ccc(CCCC2CCO2)cc1)c1ccc(CCCC2CCO2)cc1. The molecule has 0 amide bonds. The molecule has 0 bridgehead atoms. The normalized spacial score (nSPS) is 21.0. The highest BCUT2D eigenvalue weighted by atomic mass is 16.5. The van der Waals surface area contributed by atoms with Crippen LogP contribution in [0.1, 0.15) is 49.7 Å². The third kappa shape index (κ3) is 5.15. The van der Waals surface area contributed by atoms with Gasteiger partial charge in [-0.15, -0.1) is 0 Å². The number of rotatable bonds is 10. The van der Waals surface area contributed by atoms with Crippen LogP contribution >= 0.6 is 0 Å². The molecule has 2 unspecified atom stereocenters. The monoisotopic (exact) mass is 379 g/mol. The van der Waals surface area contributed by atoms with Crippen LogP contribution in [0.2, 0.25) is 0 Å². The highest BCUT2D eigenvalue weighted by Crippen LogP contribution is 2.26. The van der Waals surface area contributed by atoms with Crippen molar-refractivity contribution >= 4 is 11.4 Å². The summed E-state index contributed by atoms with van der Waals surface area (Å²) in [5.41, 5.74) is 5.31. The van der Waals surface area contributed by atoms with Crippen LogP contribution in [0.25, 0.3) is 0 Å². The van der Waals surface area contributed by atoms with Crippen molar-refractivity contribution in [1.29, 1.82) is 0 Å². The summed E-state index contributed by atoms with van der Waals surface area (Å²) in [5, 5.41) is 0. The number of nitrogens with zero attached hydrogens (tertiary/aromatic N) is 1. The zero-order valence-corrected chi connectivity index (χ0v) is 17.1. The standard InChI is InChI=1S/C25H33NO2/c1-26(22-12-8-20(9-13-22)4-2-6-24-16-18-27-24)23-14-10-21(11-15-23)5-3-7-25-17-19-28-25/h8-15,24-25H,2-7,16-19H2,1H3. The lowest BCUT2D eigenvalue weighted by Crippen LogP contribution is -2.26. The topological polar surface area (TPSA) is 21.7 Å². The summed E-state index contributed by atoms with van der Waals surface area (Å²) in [6.45, 7) is 1.92. The molecule has 0 aliphatic carbocycles. The Hall–Kier alpha value is -1.84. The van der Waals surface area contributed by atoms with Gasteiger partial charge in [0.25, 0.3) is 0 Å². The maximum atomic E-state index is 5.50. The molecular formula is C25H33NO2. The molecule has 2 aliphatic rings. The first-order chi connectivity index (χ1) is 13.8. The van der Waals surface area contributed by atoms with Gasteiger partial charge < -0.3 is 14.4 Å². The van der Waals surface area contributed by atoms with Crippen LogP contribution < -0.4 is 4.90 Å². The quantitative estimate of drug-likeness (QED) is 0.530. The molecule has 0 aromatic heterocycles. The first-order valence-electron chi connectivity index (χ1n) is 10.9. The summed E-state index contributed by atoms with van der Waals surface area (Å²) in [6.07, 6.45) is 10.7. The molecule has 2 saturated heterocycles. The van der Waals surface area contributed by atoms with Crippen LogP contribution in [0.15, 0.2) is 48.5 Å². The Bertz CT molecular complexity index is 654. The van der Waals surface area contributed by atoms with E-state index >= 15 is 0 Å². The van der Waals surface area contributed by atoms with Gasteiger partial charge >= 0.3 is 0 Å². The molecule has 4 rings (SSSR count). The maximum absolute atomic E-state index is 5.50. The third-order valence-corrected chi connectivity index (χ3v) is 6.22. The van der Waals surface area contributed by atoms with E-state index in [1.54, 1.807) is 0 Å². The number of hydrogen-bond acceptors (Lipinski definition) is 3. The average molecular weight is 380 g/mol. The first-order valence-corrected chi connectivity index (χ1v) is 10.9. The van der Waals surface area contributed by atoms with E-state index < -0.39 is 0 Å². The number of hydrogen-bond donors (Lipinski definition) is 0. The second kappa shape index (κ2) is 9.58. The van der Waals surface area contributed by atoms with Crippen molar-refractivity contribution in [1.82, 2.24) is 0 Å². The highest BCUT2D eigenvalue weighted by molar-refractivity contribution is 5.62. The minimum absolute atomic E-state index is 0.528. The molecule has 3 heteroatoms. The number of benzene rings is 2. The van der Waals surface area contributed by atoms with Crippen LogP contribution in [0.3, 0.4) is 0 Å². The molecule has 2 heterocycles. The zero-order chi connectivity index (χ0) is 19.2. The van der Waals surface area contributed by atoms with E-state index in [2.05, 4.69) is 60.5 Å². The predicted molar refractivity (Wildman–Crippen MR) is 116 cm³/mol. The molecule has 2 aromatic rings. The fourth-order valence-corrected chi connectivity index (χ4v) is 4.01. The van der Waals surface area contributed by atoms with E-state index in [9.17, 15) is 0 Å². The summed E-state index contributed by atoms with van der Waals surface area (Å²) < 4.78 is 11.0. The van der Waals surface area contributed by atoms with E-state index in [1.165, 1.54) is 61.0 Å².